The van der Waals surface area contributed by atoms with E-state index in [9.17, 15) is 9.59 Å². The lowest BCUT2D eigenvalue weighted by Crippen LogP contribution is -2.42. The Labute approximate surface area is 134 Å². The minimum Gasteiger partial charge on any atom is -0.449 e. The minimum absolute atomic E-state index is 0.208. The molecule has 0 spiro atoms. The zero-order valence-corrected chi connectivity index (χ0v) is 14.1. The highest BCUT2D eigenvalue weighted by atomic mass is 32.1. The van der Waals surface area contributed by atoms with Gasteiger partial charge in [0.15, 0.2) is 6.10 Å². The first-order valence-corrected chi connectivity index (χ1v) is 8.45. The summed E-state index contributed by atoms with van der Waals surface area (Å²) in [5, 5.41) is 6.54. The topological polar surface area (TPSA) is 80.3 Å². The van der Waals surface area contributed by atoms with E-state index in [1.165, 1.54) is 18.0 Å². The fourth-order valence-corrected chi connectivity index (χ4v) is 3.35. The number of anilines is 1. The number of hydrogen-bond donors (Lipinski definition) is 2. The van der Waals surface area contributed by atoms with Gasteiger partial charge < -0.3 is 15.4 Å². The average Bonchev–Trinajstić information content (AvgIpc) is 2.89. The van der Waals surface area contributed by atoms with Crippen molar-refractivity contribution >= 4 is 28.4 Å². The van der Waals surface area contributed by atoms with Crippen molar-refractivity contribution in [3.8, 4) is 0 Å². The van der Waals surface area contributed by atoms with Crippen molar-refractivity contribution in [2.75, 3.05) is 12.4 Å². The van der Waals surface area contributed by atoms with Gasteiger partial charge in [-0.1, -0.05) is 19.3 Å². The first-order valence-electron chi connectivity index (χ1n) is 7.68. The molecule has 2 N–H and O–H groups in total. The van der Waals surface area contributed by atoms with Gasteiger partial charge in [-0.3, -0.25) is 4.79 Å². The van der Waals surface area contributed by atoms with Gasteiger partial charge in [0.1, 0.15) is 10.6 Å². The van der Waals surface area contributed by atoms with Crippen LogP contribution in [-0.2, 0) is 9.53 Å². The Morgan fingerprint density at radius 1 is 1.32 bits per heavy atom. The van der Waals surface area contributed by atoms with Crippen molar-refractivity contribution in [3.05, 3.63) is 11.3 Å². The highest BCUT2D eigenvalue weighted by molar-refractivity contribution is 7.10. The lowest BCUT2D eigenvalue weighted by molar-refractivity contribution is -0.130. The molecule has 1 saturated carbocycles. The van der Waals surface area contributed by atoms with Gasteiger partial charge in [-0.2, -0.15) is 4.37 Å². The molecule has 6 nitrogen and oxygen atoms in total. The summed E-state index contributed by atoms with van der Waals surface area (Å²) in [6.07, 6.45) is 4.72. The van der Waals surface area contributed by atoms with E-state index in [-0.39, 0.29) is 11.9 Å². The van der Waals surface area contributed by atoms with E-state index in [0.29, 0.717) is 16.3 Å². The van der Waals surface area contributed by atoms with Crippen molar-refractivity contribution in [2.45, 2.75) is 58.1 Å². The standard InChI is InChI=1S/C15H23N3O3S/c1-9-12(14(16-3)22-18-9)15(20)21-10(2)13(19)17-11-7-5-4-6-8-11/h10-11,16H,4-8H2,1-3H3,(H,17,19). The number of aryl methyl sites for hydroxylation is 1. The number of rotatable bonds is 5. The molecule has 1 fully saturated rings. The number of carbonyl (C=O) groups excluding carboxylic acids is 2. The number of nitrogens with one attached hydrogen (secondary N) is 2. The Kier molecular flexibility index (Phi) is 5.76. The molecule has 1 aromatic rings. The second-order valence-electron chi connectivity index (χ2n) is 5.61. The van der Waals surface area contributed by atoms with Crippen molar-refractivity contribution in [1.29, 1.82) is 0 Å². The molecule has 0 bridgehead atoms. The first-order chi connectivity index (χ1) is 10.5. The van der Waals surface area contributed by atoms with Crippen LogP contribution in [0.5, 0.6) is 0 Å². The molecule has 0 aliphatic heterocycles. The number of amides is 1. The number of esters is 1. The molecule has 1 heterocycles. The van der Waals surface area contributed by atoms with Crippen molar-refractivity contribution in [2.24, 2.45) is 0 Å². The fraction of sp³-hybridized carbons (Fsp3) is 0.667. The monoisotopic (exact) mass is 325 g/mol. The zero-order chi connectivity index (χ0) is 16.1. The molecular weight excluding hydrogens is 302 g/mol. The summed E-state index contributed by atoms with van der Waals surface area (Å²) < 4.78 is 9.43. The predicted molar refractivity (Wildman–Crippen MR) is 86.3 cm³/mol. The van der Waals surface area contributed by atoms with Crippen LogP contribution in [0.1, 0.15) is 55.1 Å². The third-order valence-electron chi connectivity index (χ3n) is 3.90. The predicted octanol–water partition coefficient (Wildman–Crippen LogP) is 2.49. The molecule has 1 atom stereocenters. The van der Waals surface area contributed by atoms with E-state index in [2.05, 4.69) is 15.0 Å². The lowest BCUT2D eigenvalue weighted by atomic mass is 9.95. The number of carbonyl (C=O) groups is 2. The summed E-state index contributed by atoms with van der Waals surface area (Å²) in [5.74, 6) is -0.742. The van der Waals surface area contributed by atoms with E-state index in [1.54, 1.807) is 20.9 Å². The van der Waals surface area contributed by atoms with Gasteiger partial charge >= 0.3 is 5.97 Å². The van der Waals surface area contributed by atoms with Crippen molar-refractivity contribution in [1.82, 2.24) is 9.69 Å². The Hall–Kier alpha value is -1.63. The molecule has 0 aromatic carbocycles. The average molecular weight is 325 g/mol. The molecule has 1 amide bonds. The second kappa shape index (κ2) is 7.58. The van der Waals surface area contributed by atoms with Gasteiger partial charge in [0.25, 0.3) is 5.91 Å². The molecule has 2 rings (SSSR count). The Bertz CT molecular complexity index is 538. The quantitative estimate of drug-likeness (QED) is 0.813. The number of ether oxygens (including phenoxy) is 1. The van der Waals surface area contributed by atoms with Crippen molar-refractivity contribution in [3.63, 3.8) is 0 Å². The maximum Gasteiger partial charge on any atom is 0.343 e. The maximum absolute atomic E-state index is 12.2. The smallest absolute Gasteiger partial charge is 0.343 e. The van der Waals surface area contributed by atoms with E-state index >= 15 is 0 Å². The molecule has 1 aliphatic carbocycles. The molecule has 1 aliphatic rings. The summed E-state index contributed by atoms with van der Waals surface area (Å²) in [4.78, 5) is 24.4. The van der Waals surface area contributed by atoms with Crippen LogP contribution in [0.4, 0.5) is 5.00 Å². The van der Waals surface area contributed by atoms with E-state index in [1.807, 2.05) is 0 Å². The normalized spacial score (nSPS) is 16.9. The van der Waals surface area contributed by atoms with E-state index in [4.69, 9.17) is 4.74 Å². The molecular formula is C15H23N3O3S. The highest BCUT2D eigenvalue weighted by Crippen LogP contribution is 2.25. The van der Waals surface area contributed by atoms with Crippen molar-refractivity contribution < 1.29 is 14.3 Å². The highest BCUT2D eigenvalue weighted by Gasteiger charge is 2.25. The van der Waals surface area contributed by atoms with Gasteiger partial charge in [0.05, 0.1) is 5.69 Å². The molecule has 122 valence electrons. The minimum atomic E-state index is -0.807. The van der Waals surface area contributed by atoms with Crippen LogP contribution in [0.25, 0.3) is 0 Å². The first kappa shape index (κ1) is 16.7. The van der Waals surface area contributed by atoms with Gasteiger partial charge in [-0.25, -0.2) is 4.79 Å². The van der Waals surface area contributed by atoms with Crippen LogP contribution in [0.15, 0.2) is 0 Å². The molecule has 0 saturated heterocycles. The second-order valence-corrected chi connectivity index (χ2v) is 6.39. The van der Waals surface area contributed by atoms with E-state index in [0.717, 1.165) is 25.7 Å². The molecule has 1 unspecified atom stereocenters. The summed E-state index contributed by atoms with van der Waals surface area (Å²) in [6.45, 7) is 3.35. The van der Waals surface area contributed by atoms with Gasteiger partial charge in [-0.05, 0) is 38.2 Å². The van der Waals surface area contributed by atoms with Gasteiger partial charge in [0, 0.05) is 13.1 Å². The Balaban J connectivity index is 1.92. The van der Waals surface area contributed by atoms with Gasteiger partial charge in [0.2, 0.25) is 0 Å². The summed E-state index contributed by atoms with van der Waals surface area (Å²) in [7, 11) is 1.73. The third kappa shape index (κ3) is 3.97. The Morgan fingerprint density at radius 3 is 2.64 bits per heavy atom. The fourth-order valence-electron chi connectivity index (χ4n) is 2.62. The molecule has 1 aromatic heterocycles. The SMILES string of the molecule is CNc1snc(C)c1C(=O)OC(C)C(=O)NC1CCCCC1. The largest absolute Gasteiger partial charge is 0.449 e. The van der Waals surface area contributed by atoms with Crippen LogP contribution in [-0.4, -0.2) is 35.4 Å². The van der Waals surface area contributed by atoms with Gasteiger partial charge in [-0.15, -0.1) is 0 Å². The zero-order valence-electron chi connectivity index (χ0n) is 13.3. The summed E-state index contributed by atoms with van der Waals surface area (Å²) in [6, 6.07) is 0.208. The molecule has 7 heteroatoms. The molecule has 0 radical (unpaired) electrons. The third-order valence-corrected chi connectivity index (χ3v) is 4.85. The number of hydrogen-bond acceptors (Lipinski definition) is 6. The number of nitrogens with zero attached hydrogens (tertiary/aromatic N) is 1. The van der Waals surface area contributed by atoms with Crippen LogP contribution < -0.4 is 10.6 Å². The van der Waals surface area contributed by atoms with E-state index < -0.39 is 12.1 Å². The summed E-state index contributed by atoms with van der Waals surface area (Å²) in [5.41, 5.74) is 1.02. The van der Waals surface area contributed by atoms with Crippen LogP contribution >= 0.6 is 11.5 Å². The molecule has 22 heavy (non-hydrogen) atoms. The lowest BCUT2D eigenvalue weighted by Gasteiger charge is -2.24. The maximum atomic E-state index is 12.2. The summed E-state index contributed by atoms with van der Waals surface area (Å²) >= 11 is 1.21. The van der Waals surface area contributed by atoms with Crippen LogP contribution in [0.2, 0.25) is 0 Å². The van der Waals surface area contributed by atoms with Crippen LogP contribution in [0.3, 0.4) is 0 Å². The number of aromatic nitrogens is 1. The van der Waals surface area contributed by atoms with Crippen LogP contribution in [0, 0.1) is 6.92 Å². The Morgan fingerprint density at radius 2 is 2.00 bits per heavy atom.